The van der Waals surface area contributed by atoms with Crippen molar-refractivity contribution in [1.82, 2.24) is 25.0 Å². The fraction of sp³-hybridized carbons (Fsp3) is 0.240. The zero-order chi connectivity index (χ0) is 22.6. The fourth-order valence-corrected chi connectivity index (χ4v) is 4.08. The Labute approximate surface area is 190 Å². The molecule has 0 saturated heterocycles. The molecule has 4 aromatic rings. The van der Waals surface area contributed by atoms with E-state index in [9.17, 15) is 9.18 Å². The van der Waals surface area contributed by atoms with Crippen molar-refractivity contribution in [3.63, 3.8) is 0 Å². The molecule has 0 bridgehead atoms. The van der Waals surface area contributed by atoms with Crippen molar-refractivity contribution in [2.45, 2.75) is 26.1 Å². The molecule has 1 N–H and O–H groups in total. The van der Waals surface area contributed by atoms with Crippen molar-refractivity contribution in [3.8, 4) is 11.3 Å². The highest BCUT2D eigenvalue weighted by atomic mass is 19.1. The van der Waals surface area contributed by atoms with Gasteiger partial charge in [0.15, 0.2) is 5.82 Å². The number of amides is 1. The van der Waals surface area contributed by atoms with E-state index in [1.807, 2.05) is 12.1 Å². The first-order chi connectivity index (χ1) is 16.2. The molecule has 8 heteroatoms. The van der Waals surface area contributed by atoms with Crippen molar-refractivity contribution in [3.05, 3.63) is 95.5 Å². The number of halogens is 1. The van der Waals surface area contributed by atoms with E-state index in [-0.39, 0.29) is 18.0 Å². The van der Waals surface area contributed by atoms with Gasteiger partial charge in [0.1, 0.15) is 17.4 Å². The highest BCUT2D eigenvalue weighted by Crippen LogP contribution is 2.21. The number of hydrogen-bond donors (Lipinski definition) is 1. The van der Waals surface area contributed by atoms with E-state index in [0.717, 1.165) is 49.7 Å². The first-order valence-electron chi connectivity index (χ1n) is 11.0. The number of benzene rings is 2. The smallest absolute Gasteiger partial charge is 0.251 e. The Hall–Kier alpha value is -3.78. The number of hydrogen-bond acceptors (Lipinski definition) is 5. The Bertz CT molecular complexity index is 1230. The molecular weight excluding hydrogens is 421 g/mol. The minimum atomic E-state index is -0.435. The number of fused-ring (bicyclic) bond motifs is 1. The summed E-state index contributed by atoms with van der Waals surface area (Å²) in [6, 6.07) is 17.9. The number of nitrogens with zero attached hydrogens (tertiary/aromatic N) is 4. The number of carbonyl (C=O) groups excluding carboxylic acids is 1. The third kappa shape index (κ3) is 4.85. The van der Waals surface area contributed by atoms with Crippen LogP contribution in [0.5, 0.6) is 0 Å². The predicted octanol–water partition coefficient (Wildman–Crippen LogP) is 3.67. The first-order valence-corrected chi connectivity index (χ1v) is 11.0. The number of carbonyl (C=O) groups is 1. The maximum Gasteiger partial charge on any atom is 0.251 e. The predicted molar refractivity (Wildman–Crippen MR) is 121 cm³/mol. The number of aromatic nitrogens is 3. The summed E-state index contributed by atoms with van der Waals surface area (Å²) in [4.78, 5) is 14.7. The molecule has 1 aliphatic rings. The minimum absolute atomic E-state index is 0.247. The molecule has 3 heterocycles. The van der Waals surface area contributed by atoms with E-state index in [1.165, 1.54) is 23.8 Å². The molecule has 0 radical (unpaired) electrons. The van der Waals surface area contributed by atoms with Crippen molar-refractivity contribution in [1.29, 1.82) is 0 Å². The molecular formula is C25H24FN5O2. The summed E-state index contributed by atoms with van der Waals surface area (Å²) in [5.74, 6) is 1.72. The minimum Gasteiger partial charge on any atom is -0.464 e. The van der Waals surface area contributed by atoms with E-state index in [1.54, 1.807) is 12.3 Å². The lowest BCUT2D eigenvalue weighted by atomic mass is 10.1. The Kier molecular flexibility index (Phi) is 5.99. The van der Waals surface area contributed by atoms with Crippen molar-refractivity contribution in [2.24, 2.45) is 0 Å². The molecule has 168 valence electrons. The fourth-order valence-electron chi connectivity index (χ4n) is 4.08. The second-order valence-electron chi connectivity index (χ2n) is 8.08. The quantitative estimate of drug-likeness (QED) is 0.490. The highest BCUT2D eigenvalue weighted by molar-refractivity contribution is 5.94. The monoisotopic (exact) mass is 445 g/mol. The zero-order valence-corrected chi connectivity index (χ0v) is 18.1. The van der Waals surface area contributed by atoms with E-state index in [4.69, 9.17) is 4.42 Å². The molecule has 0 saturated carbocycles. The van der Waals surface area contributed by atoms with Crippen LogP contribution >= 0.6 is 0 Å². The van der Waals surface area contributed by atoms with Crippen LogP contribution in [0.4, 0.5) is 4.39 Å². The standard InChI is InChI=1S/C25H24FN5O2/c26-21-4-1-3-20(15-21)25(32)27-16-24-29-28-23-10-11-30(12-13-31(23)24)17-18-6-8-19(9-7-18)22-5-2-14-33-22/h1-9,14-15H,10-13,16-17H2,(H,27,32). The SMILES string of the molecule is O=C(NCc1nnc2n1CCN(Cc1ccc(-c3ccco3)cc1)CC2)c1cccc(F)c1. The van der Waals surface area contributed by atoms with E-state index < -0.39 is 5.82 Å². The van der Waals surface area contributed by atoms with Crippen LogP contribution in [0.3, 0.4) is 0 Å². The van der Waals surface area contributed by atoms with Gasteiger partial charge in [0.25, 0.3) is 5.91 Å². The Morgan fingerprint density at radius 3 is 2.70 bits per heavy atom. The van der Waals surface area contributed by atoms with Gasteiger partial charge in [-0.1, -0.05) is 30.3 Å². The first kappa shape index (κ1) is 21.1. The lowest BCUT2D eigenvalue weighted by Gasteiger charge is -2.19. The number of furan rings is 1. The molecule has 0 aliphatic carbocycles. The summed E-state index contributed by atoms with van der Waals surface area (Å²) < 4.78 is 20.9. The molecule has 0 atom stereocenters. The van der Waals surface area contributed by atoms with Crippen LogP contribution in [-0.4, -0.2) is 38.7 Å². The summed E-state index contributed by atoms with van der Waals surface area (Å²) in [6.45, 7) is 3.58. The number of rotatable bonds is 6. The average Bonchev–Trinajstić information content (AvgIpc) is 3.46. The summed E-state index contributed by atoms with van der Waals surface area (Å²) >= 11 is 0. The van der Waals surface area contributed by atoms with Crippen LogP contribution in [0.2, 0.25) is 0 Å². The molecule has 1 amide bonds. The lowest BCUT2D eigenvalue weighted by molar-refractivity contribution is 0.0949. The van der Waals surface area contributed by atoms with Crippen LogP contribution < -0.4 is 5.32 Å². The van der Waals surface area contributed by atoms with Crippen molar-refractivity contribution in [2.75, 3.05) is 13.1 Å². The normalized spacial score (nSPS) is 14.0. The van der Waals surface area contributed by atoms with Gasteiger partial charge in [0.05, 0.1) is 12.8 Å². The van der Waals surface area contributed by atoms with Crippen LogP contribution in [-0.2, 0) is 26.1 Å². The van der Waals surface area contributed by atoms with Gasteiger partial charge in [-0.25, -0.2) is 4.39 Å². The molecule has 2 aromatic heterocycles. The molecule has 0 unspecified atom stereocenters. The molecule has 0 spiro atoms. The van der Waals surface area contributed by atoms with E-state index >= 15 is 0 Å². The molecule has 7 nitrogen and oxygen atoms in total. The van der Waals surface area contributed by atoms with E-state index in [2.05, 4.69) is 49.2 Å². The summed E-state index contributed by atoms with van der Waals surface area (Å²) in [7, 11) is 0. The molecule has 5 rings (SSSR count). The van der Waals surface area contributed by atoms with Gasteiger partial charge >= 0.3 is 0 Å². The molecule has 1 aliphatic heterocycles. The van der Waals surface area contributed by atoms with Crippen LogP contribution in [0.15, 0.2) is 71.3 Å². The second-order valence-corrected chi connectivity index (χ2v) is 8.08. The third-order valence-electron chi connectivity index (χ3n) is 5.86. The Morgan fingerprint density at radius 1 is 1.03 bits per heavy atom. The van der Waals surface area contributed by atoms with Crippen LogP contribution in [0.1, 0.15) is 27.6 Å². The van der Waals surface area contributed by atoms with Gasteiger partial charge in [0.2, 0.25) is 0 Å². The van der Waals surface area contributed by atoms with Gasteiger partial charge in [-0.2, -0.15) is 0 Å². The second kappa shape index (κ2) is 9.38. The van der Waals surface area contributed by atoms with Crippen LogP contribution in [0.25, 0.3) is 11.3 Å². The molecule has 0 fully saturated rings. The zero-order valence-electron chi connectivity index (χ0n) is 18.1. The van der Waals surface area contributed by atoms with Gasteiger partial charge in [-0.3, -0.25) is 9.69 Å². The third-order valence-corrected chi connectivity index (χ3v) is 5.86. The maximum absolute atomic E-state index is 13.4. The highest BCUT2D eigenvalue weighted by Gasteiger charge is 2.19. The summed E-state index contributed by atoms with van der Waals surface area (Å²) in [5.41, 5.74) is 2.59. The average molecular weight is 445 g/mol. The summed E-state index contributed by atoms with van der Waals surface area (Å²) in [6.07, 6.45) is 2.47. The molecule has 33 heavy (non-hydrogen) atoms. The Morgan fingerprint density at radius 2 is 1.91 bits per heavy atom. The summed E-state index contributed by atoms with van der Waals surface area (Å²) in [5, 5.41) is 11.4. The van der Waals surface area contributed by atoms with Gasteiger partial charge in [-0.05, 0) is 35.9 Å². The van der Waals surface area contributed by atoms with Crippen molar-refractivity contribution < 1.29 is 13.6 Å². The maximum atomic E-state index is 13.4. The number of nitrogens with one attached hydrogen (secondary N) is 1. The molecule has 2 aromatic carbocycles. The van der Waals surface area contributed by atoms with Gasteiger partial charge < -0.3 is 14.3 Å². The lowest BCUT2D eigenvalue weighted by Crippen LogP contribution is -2.28. The van der Waals surface area contributed by atoms with Crippen LogP contribution in [0, 0.1) is 5.82 Å². The van der Waals surface area contributed by atoms with Gasteiger partial charge in [-0.15, -0.1) is 10.2 Å². The van der Waals surface area contributed by atoms with Gasteiger partial charge in [0, 0.05) is 43.7 Å². The topological polar surface area (TPSA) is 76.2 Å². The largest absolute Gasteiger partial charge is 0.464 e. The van der Waals surface area contributed by atoms with E-state index in [0.29, 0.717) is 5.82 Å². The Balaban J connectivity index is 1.18. The van der Waals surface area contributed by atoms with Crippen molar-refractivity contribution >= 4 is 5.91 Å².